The van der Waals surface area contributed by atoms with Crippen molar-refractivity contribution in [2.75, 3.05) is 13.2 Å². The van der Waals surface area contributed by atoms with E-state index in [-0.39, 0.29) is 37.5 Å². The summed E-state index contributed by atoms with van der Waals surface area (Å²) >= 11 is 0. The molecule has 6 heteroatoms. The monoisotopic (exact) mass is 945 g/mol. The highest BCUT2D eigenvalue weighted by atomic mass is 16.6. The highest BCUT2D eigenvalue weighted by Crippen LogP contribution is 2.13. The third-order valence-corrected chi connectivity index (χ3v) is 11.8. The van der Waals surface area contributed by atoms with Crippen molar-refractivity contribution in [1.29, 1.82) is 0 Å². The Labute approximate surface area is 419 Å². The van der Waals surface area contributed by atoms with Crippen LogP contribution in [0.4, 0.5) is 0 Å². The van der Waals surface area contributed by atoms with Crippen LogP contribution in [-0.2, 0) is 28.6 Å². The molecule has 0 amide bonds. The summed E-state index contributed by atoms with van der Waals surface area (Å²) in [4.78, 5) is 38.1. The number of allylic oxidation sites excluding steroid dienone is 16. The number of hydrogen-bond acceptors (Lipinski definition) is 6. The molecule has 0 saturated heterocycles. The molecule has 0 aromatic rings. The van der Waals surface area contributed by atoms with E-state index in [1.165, 1.54) is 96.3 Å². The number of ether oxygens (including phenoxy) is 3. The minimum atomic E-state index is -0.813. The first-order valence-electron chi connectivity index (χ1n) is 28.3. The summed E-state index contributed by atoms with van der Waals surface area (Å²) in [5.74, 6) is -0.978. The van der Waals surface area contributed by atoms with Crippen LogP contribution in [0.15, 0.2) is 97.2 Å². The van der Waals surface area contributed by atoms with E-state index in [4.69, 9.17) is 14.2 Å². The second kappa shape index (κ2) is 55.9. The molecule has 0 aliphatic carbocycles. The van der Waals surface area contributed by atoms with Crippen LogP contribution in [-0.4, -0.2) is 37.2 Å². The molecule has 1 atom stereocenters. The van der Waals surface area contributed by atoms with Gasteiger partial charge in [0.25, 0.3) is 0 Å². The Kier molecular flexibility index (Phi) is 52.9. The lowest BCUT2D eigenvalue weighted by Crippen LogP contribution is -2.30. The lowest BCUT2D eigenvalue weighted by molar-refractivity contribution is -0.167. The van der Waals surface area contributed by atoms with Gasteiger partial charge in [-0.25, -0.2) is 0 Å². The molecule has 0 rings (SSSR count). The average molecular weight is 946 g/mol. The zero-order valence-corrected chi connectivity index (χ0v) is 44.3. The molecule has 388 valence electrons. The van der Waals surface area contributed by atoms with Crippen molar-refractivity contribution in [3.8, 4) is 0 Å². The number of carbonyl (C=O) groups excluding carboxylic acids is 3. The Balaban J connectivity index is 4.51. The van der Waals surface area contributed by atoms with Gasteiger partial charge in [0.15, 0.2) is 6.10 Å². The fourth-order valence-electron chi connectivity index (χ4n) is 7.59. The van der Waals surface area contributed by atoms with Crippen LogP contribution >= 0.6 is 0 Å². The number of hydrogen-bond donors (Lipinski definition) is 0. The van der Waals surface area contributed by atoms with Gasteiger partial charge >= 0.3 is 17.9 Å². The second-order valence-electron chi connectivity index (χ2n) is 18.5. The SMILES string of the molecule is CC/C=C\C/C=C\C/C=C\C/C=C\CCCCCC(=O)OC(COC(=O)CCCCC/C=C\C=C/CCCCCCCCC)COC(=O)CCCCCCC/C=C\C=C/CCCCCCCCC. The molecule has 68 heavy (non-hydrogen) atoms. The lowest BCUT2D eigenvalue weighted by Gasteiger charge is -2.18. The molecule has 6 nitrogen and oxygen atoms in total. The summed E-state index contributed by atoms with van der Waals surface area (Å²) in [6.07, 6.45) is 73.9. The predicted octanol–water partition coefficient (Wildman–Crippen LogP) is 18.9. The van der Waals surface area contributed by atoms with Crippen LogP contribution < -0.4 is 0 Å². The van der Waals surface area contributed by atoms with Gasteiger partial charge in [0.1, 0.15) is 13.2 Å². The van der Waals surface area contributed by atoms with Gasteiger partial charge in [-0.3, -0.25) is 14.4 Å². The van der Waals surface area contributed by atoms with Gasteiger partial charge in [0, 0.05) is 19.3 Å². The van der Waals surface area contributed by atoms with Crippen molar-refractivity contribution in [2.24, 2.45) is 0 Å². The van der Waals surface area contributed by atoms with E-state index in [1.54, 1.807) is 0 Å². The van der Waals surface area contributed by atoms with Crippen molar-refractivity contribution in [3.63, 3.8) is 0 Å². The largest absolute Gasteiger partial charge is 0.462 e. The Hall–Kier alpha value is -3.67. The molecule has 1 unspecified atom stereocenters. The maximum atomic E-state index is 12.8. The number of carbonyl (C=O) groups is 3. The van der Waals surface area contributed by atoms with Crippen molar-refractivity contribution >= 4 is 17.9 Å². The van der Waals surface area contributed by atoms with Gasteiger partial charge in [-0.2, -0.15) is 0 Å². The summed E-state index contributed by atoms with van der Waals surface area (Å²) in [7, 11) is 0. The number of esters is 3. The van der Waals surface area contributed by atoms with Crippen LogP contribution in [0.1, 0.15) is 258 Å². The zero-order chi connectivity index (χ0) is 49.3. The summed E-state index contributed by atoms with van der Waals surface area (Å²) in [5.41, 5.74) is 0. The van der Waals surface area contributed by atoms with Crippen molar-refractivity contribution in [3.05, 3.63) is 97.2 Å². The Morgan fingerprint density at radius 3 is 1.00 bits per heavy atom. The summed E-state index contributed by atoms with van der Waals surface area (Å²) < 4.78 is 16.8. The van der Waals surface area contributed by atoms with Crippen molar-refractivity contribution < 1.29 is 28.6 Å². The fraction of sp³-hybridized carbons (Fsp3) is 0.694. The molecule has 0 aromatic heterocycles. The van der Waals surface area contributed by atoms with E-state index in [1.807, 2.05) is 0 Å². The van der Waals surface area contributed by atoms with E-state index in [0.717, 1.165) is 122 Å². The fourth-order valence-corrected chi connectivity index (χ4v) is 7.59. The minimum Gasteiger partial charge on any atom is -0.462 e. The smallest absolute Gasteiger partial charge is 0.306 e. The quantitative estimate of drug-likeness (QED) is 0.0199. The molecule has 0 aliphatic heterocycles. The van der Waals surface area contributed by atoms with E-state index in [2.05, 4.69) is 118 Å². The number of rotatable bonds is 50. The Morgan fingerprint density at radius 1 is 0.324 bits per heavy atom. The summed E-state index contributed by atoms with van der Waals surface area (Å²) in [6, 6.07) is 0. The van der Waals surface area contributed by atoms with Gasteiger partial charge in [-0.05, 0) is 109 Å². The molecule has 0 aromatic carbocycles. The summed E-state index contributed by atoms with van der Waals surface area (Å²) in [5, 5.41) is 0. The molecular weight excluding hydrogens is 841 g/mol. The van der Waals surface area contributed by atoms with Crippen LogP contribution in [0.2, 0.25) is 0 Å². The lowest BCUT2D eigenvalue weighted by atomic mass is 10.1. The highest BCUT2D eigenvalue weighted by molar-refractivity contribution is 5.71. The van der Waals surface area contributed by atoms with E-state index in [0.29, 0.717) is 12.8 Å². The molecule has 0 bridgehead atoms. The number of unbranched alkanes of at least 4 members (excludes halogenated alkanes) is 25. The van der Waals surface area contributed by atoms with Crippen LogP contribution in [0, 0.1) is 0 Å². The molecule has 0 heterocycles. The van der Waals surface area contributed by atoms with Gasteiger partial charge < -0.3 is 14.2 Å². The minimum absolute atomic E-state index is 0.108. The molecule has 0 radical (unpaired) electrons. The molecule has 0 saturated carbocycles. The normalized spacial score (nSPS) is 12.8. The van der Waals surface area contributed by atoms with Crippen molar-refractivity contribution in [1.82, 2.24) is 0 Å². The second-order valence-corrected chi connectivity index (χ2v) is 18.5. The van der Waals surface area contributed by atoms with Crippen molar-refractivity contribution in [2.45, 2.75) is 264 Å². The first-order valence-corrected chi connectivity index (χ1v) is 28.3. The Morgan fingerprint density at radius 2 is 0.618 bits per heavy atom. The first-order chi connectivity index (χ1) is 33.5. The third kappa shape index (κ3) is 53.3. The van der Waals surface area contributed by atoms with E-state index in [9.17, 15) is 14.4 Å². The molecule has 0 aliphatic rings. The van der Waals surface area contributed by atoms with E-state index >= 15 is 0 Å². The van der Waals surface area contributed by atoms with E-state index < -0.39 is 6.10 Å². The molecule has 0 spiro atoms. The van der Waals surface area contributed by atoms with Gasteiger partial charge in [0.05, 0.1) is 0 Å². The maximum absolute atomic E-state index is 12.8. The average Bonchev–Trinajstić information content (AvgIpc) is 3.34. The van der Waals surface area contributed by atoms with Gasteiger partial charge in [-0.1, -0.05) is 227 Å². The van der Waals surface area contributed by atoms with Crippen LogP contribution in [0.3, 0.4) is 0 Å². The standard InChI is InChI=1S/C62H104O6/c1-4-7-10-13-16-19-22-25-28-31-32-35-37-40-43-46-49-52-55-61(64)67-58-59(68-62(65)56-53-50-47-44-41-38-34-30-27-24-21-18-15-12-9-6-3)57-66-60(63)54-51-48-45-42-39-36-33-29-26-23-20-17-14-11-8-5-2/h9,12,18,21,27-33,35-36,38-39,41,59H,4-8,10-11,13-17,19-20,22-26,34,37,40,42-58H2,1-3H3/b12-9-,21-18-,30-27-,31-28-,33-29-,35-32-,39-36-,41-38-. The molecular formula is C62H104O6. The topological polar surface area (TPSA) is 78.9 Å². The predicted molar refractivity (Wildman–Crippen MR) is 293 cm³/mol. The molecule has 0 N–H and O–H groups in total. The third-order valence-electron chi connectivity index (χ3n) is 11.8. The van der Waals surface area contributed by atoms with Gasteiger partial charge in [0.2, 0.25) is 0 Å². The van der Waals surface area contributed by atoms with Crippen LogP contribution in [0.25, 0.3) is 0 Å². The summed E-state index contributed by atoms with van der Waals surface area (Å²) in [6.45, 7) is 6.46. The Bertz CT molecular complexity index is 1360. The zero-order valence-electron chi connectivity index (χ0n) is 44.3. The highest BCUT2D eigenvalue weighted by Gasteiger charge is 2.19. The molecule has 0 fully saturated rings. The first kappa shape index (κ1) is 64.3. The van der Waals surface area contributed by atoms with Gasteiger partial charge in [-0.15, -0.1) is 0 Å². The van der Waals surface area contributed by atoms with Crippen LogP contribution in [0.5, 0.6) is 0 Å². The maximum Gasteiger partial charge on any atom is 0.306 e.